The molecule has 1 aliphatic heterocycles. The highest BCUT2D eigenvalue weighted by atomic mass is 16.3. The smallest absolute Gasteiger partial charge is 0.196 e. The minimum Gasteiger partial charge on any atom is -0.450 e. The normalized spacial score (nSPS) is 17.8. The lowest BCUT2D eigenvalue weighted by Gasteiger charge is -2.17. The fraction of sp³-hybridized carbons (Fsp3) is 0.316. The van der Waals surface area contributed by atoms with Gasteiger partial charge in [-0.05, 0) is 36.5 Å². The number of furan rings is 1. The number of rotatable bonds is 3. The van der Waals surface area contributed by atoms with Gasteiger partial charge in [0.05, 0.1) is 6.20 Å². The van der Waals surface area contributed by atoms with E-state index in [2.05, 4.69) is 26.2 Å². The van der Waals surface area contributed by atoms with Crippen LogP contribution < -0.4 is 4.90 Å². The first-order valence-corrected chi connectivity index (χ1v) is 8.62. The molecule has 1 aliphatic rings. The van der Waals surface area contributed by atoms with Crippen LogP contribution in [-0.2, 0) is 13.5 Å². The topological polar surface area (TPSA) is 60.0 Å². The Balaban J connectivity index is 1.45. The highest BCUT2D eigenvalue weighted by molar-refractivity contribution is 6.05. The van der Waals surface area contributed by atoms with Gasteiger partial charge in [-0.15, -0.1) is 0 Å². The molecule has 0 amide bonds. The van der Waals surface area contributed by atoms with E-state index in [-0.39, 0.29) is 0 Å². The minimum absolute atomic E-state index is 0.610. The van der Waals surface area contributed by atoms with Crippen LogP contribution in [0.2, 0.25) is 0 Å². The Morgan fingerprint density at radius 1 is 1.24 bits per heavy atom. The van der Waals surface area contributed by atoms with E-state index >= 15 is 0 Å². The largest absolute Gasteiger partial charge is 0.450 e. The Kier molecular flexibility index (Phi) is 3.23. The summed E-state index contributed by atoms with van der Waals surface area (Å²) >= 11 is 0. The summed E-state index contributed by atoms with van der Waals surface area (Å²) in [5.74, 6) is 1.52. The summed E-state index contributed by atoms with van der Waals surface area (Å²) in [6, 6.07) is 8.03. The highest BCUT2D eigenvalue weighted by Crippen LogP contribution is 2.34. The van der Waals surface area contributed by atoms with Crippen LogP contribution in [0.15, 0.2) is 47.4 Å². The molecule has 3 aromatic heterocycles. The Morgan fingerprint density at radius 2 is 2.16 bits per heavy atom. The molecule has 0 bridgehead atoms. The first kappa shape index (κ1) is 14.5. The maximum atomic E-state index is 6.07. The molecule has 4 heterocycles. The number of hydrogen-bond acceptors (Lipinski definition) is 5. The van der Waals surface area contributed by atoms with Crippen LogP contribution in [-0.4, -0.2) is 32.8 Å². The van der Waals surface area contributed by atoms with Gasteiger partial charge < -0.3 is 9.32 Å². The van der Waals surface area contributed by atoms with Crippen LogP contribution in [0.4, 0.5) is 5.82 Å². The maximum absolute atomic E-state index is 6.07. The average Bonchev–Trinajstić information content (AvgIpc) is 3.33. The Labute approximate surface area is 145 Å². The summed E-state index contributed by atoms with van der Waals surface area (Å²) in [6.45, 7) is 1.98. The lowest BCUT2D eigenvalue weighted by Crippen LogP contribution is -2.21. The van der Waals surface area contributed by atoms with E-state index in [1.807, 2.05) is 42.2 Å². The second kappa shape index (κ2) is 5.58. The quantitative estimate of drug-likeness (QED) is 0.576. The first-order valence-electron chi connectivity index (χ1n) is 8.62. The monoisotopic (exact) mass is 333 g/mol. The number of nitrogens with zero attached hydrogens (tertiary/aromatic N) is 5. The summed E-state index contributed by atoms with van der Waals surface area (Å²) in [5.41, 5.74) is 3.86. The number of fused-ring (bicyclic) bond motifs is 3. The lowest BCUT2D eigenvalue weighted by atomic mass is 10.0. The second-order valence-corrected chi connectivity index (χ2v) is 6.80. The van der Waals surface area contributed by atoms with Crippen LogP contribution in [0.25, 0.3) is 22.1 Å². The molecule has 126 valence electrons. The predicted molar refractivity (Wildman–Crippen MR) is 96.5 cm³/mol. The van der Waals surface area contributed by atoms with Gasteiger partial charge in [-0.25, -0.2) is 9.97 Å². The lowest BCUT2D eigenvalue weighted by molar-refractivity contribution is 0.585. The highest BCUT2D eigenvalue weighted by Gasteiger charge is 2.27. The van der Waals surface area contributed by atoms with Crippen molar-refractivity contribution in [2.24, 2.45) is 13.0 Å². The van der Waals surface area contributed by atoms with Crippen molar-refractivity contribution in [2.45, 2.75) is 12.8 Å². The number of aryl methyl sites for hydroxylation is 1. The van der Waals surface area contributed by atoms with Crippen molar-refractivity contribution < 1.29 is 4.42 Å². The van der Waals surface area contributed by atoms with Gasteiger partial charge in [0.25, 0.3) is 0 Å². The van der Waals surface area contributed by atoms with Crippen molar-refractivity contribution >= 4 is 27.9 Å². The van der Waals surface area contributed by atoms with Crippen LogP contribution in [0, 0.1) is 5.92 Å². The van der Waals surface area contributed by atoms with Gasteiger partial charge >= 0.3 is 0 Å². The molecule has 0 aliphatic carbocycles. The molecule has 25 heavy (non-hydrogen) atoms. The van der Waals surface area contributed by atoms with Crippen molar-refractivity contribution in [3.05, 3.63) is 48.5 Å². The number of anilines is 1. The van der Waals surface area contributed by atoms with Gasteiger partial charge in [0.1, 0.15) is 17.4 Å². The van der Waals surface area contributed by atoms with Gasteiger partial charge in [0.15, 0.2) is 11.4 Å². The van der Waals surface area contributed by atoms with Gasteiger partial charge in [0, 0.05) is 31.7 Å². The van der Waals surface area contributed by atoms with Crippen molar-refractivity contribution in [3.8, 4) is 0 Å². The molecule has 0 radical (unpaired) electrons. The van der Waals surface area contributed by atoms with E-state index in [0.29, 0.717) is 5.92 Å². The molecule has 1 aromatic carbocycles. The zero-order chi connectivity index (χ0) is 16.8. The van der Waals surface area contributed by atoms with Crippen LogP contribution in [0.5, 0.6) is 0 Å². The summed E-state index contributed by atoms with van der Waals surface area (Å²) in [7, 11) is 1.96. The van der Waals surface area contributed by atoms with Crippen LogP contribution in [0.1, 0.15) is 12.0 Å². The van der Waals surface area contributed by atoms with Gasteiger partial charge in [-0.1, -0.05) is 12.1 Å². The molecule has 1 saturated heterocycles. The number of benzene rings is 1. The third kappa shape index (κ3) is 2.45. The van der Waals surface area contributed by atoms with Crippen molar-refractivity contribution in [3.63, 3.8) is 0 Å². The second-order valence-electron chi connectivity index (χ2n) is 6.80. The average molecular weight is 333 g/mol. The molecule has 0 unspecified atom stereocenters. The molecule has 6 heteroatoms. The molecule has 4 aromatic rings. The summed E-state index contributed by atoms with van der Waals surface area (Å²) < 4.78 is 7.94. The molecule has 0 saturated carbocycles. The van der Waals surface area contributed by atoms with Crippen LogP contribution >= 0.6 is 0 Å². The molecule has 0 spiro atoms. The molecule has 1 atom stereocenters. The van der Waals surface area contributed by atoms with Gasteiger partial charge in [-0.2, -0.15) is 5.10 Å². The molecular formula is C19H19N5O. The Morgan fingerprint density at radius 3 is 3.04 bits per heavy atom. The summed E-state index contributed by atoms with van der Waals surface area (Å²) in [4.78, 5) is 11.3. The van der Waals surface area contributed by atoms with Crippen molar-refractivity contribution in [1.29, 1.82) is 0 Å². The predicted octanol–water partition coefficient (Wildman–Crippen LogP) is 3.18. The van der Waals surface area contributed by atoms with Crippen molar-refractivity contribution in [2.75, 3.05) is 18.0 Å². The Bertz CT molecular complexity index is 1050. The number of para-hydroxylation sites is 1. The fourth-order valence-corrected chi connectivity index (χ4v) is 3.84. The minimum atomic E-state index is 0.610. The zero-order valence-corrected chi connectivity index (χ0v) is 14.1. The summed E-state index contributed by atoms with van der Waals surface area (Å²) in [6.07, 6.45) is 7.92. The van der Waals surface area contributed by atoms with E-state index in [1.54, 1.807) is 6.33 Å². The van der Waals surface area contributed by atoms with Gasteiger partial charge in [0.2, 0.25) is 0 Å². The maximum Gasteiger partial charge on any atom is 0.196 e. The van der Waals surface area contributed by atoms with E-state index in [1.165, 1.54) is 5.56 Å². The molecule has 5 rings (SSSR count). The molecule has 1 fully saturated rings. The van der Waals surface area contributed by atoms with Gasteiger partial charge in [-0.3, -0.25) is 4.68 Å². The Hall–Kier alpha value is -2.89. The van der Waals surface area contributed by atoms with E-state index in [0.717, 1.165) is 53.8 Å². The fourth-order valence-electron chi connectivity index (χ4n) is 3.84. The first-order chi connectivity index (χ1) is 12.3. The SMILES string of the molecule is Cn1cc(C[C@H]2CCN(c3ncnc4c3oc3ccccc34)C2)cn1. The molecule has 0 N–H and O–H groups in total. The zero-order valence-electron chi connectivity index (χ0n) is 14.1. The molecular weight excluding hydrogens is 314 g/mol. The number of aromatic nitrogens is 4. The third-order valence-electron chi connectivity index (χ3n) is 5.01. The van der Waals surface area contributed by atoms with Crippen molar-refractivity contribution in [1.82, 2.24) is 19.7 Å². The third-order valence-corrected chi connectivity index (χ3v) is 5.01. The standard InChI is InChI=1S/C19H19N5O/c1-23-10-14(9-22-23)8-13-6-7-24(11-13)19-18-17(20-12-21-19)15-4-2-3-5-16(15)25-18/h2-5,9-10,12-13H,6-8,11H2,1H3/t13-/m1/s1. The van der Waals surface area contributed by atoms with Crippen LogP contribution in [0.3, 0.4) is 0 Å². The van der Waals surface area contributed by atoms with E-state index < -0.39 is 0 Å². The van der Waals surface area contributed by atoms with E-state index in [9.17, 15) is 0 Å². The van der Waals surface area contributed by atoms with E-state index in [4.69, 9.17) is 4.42 Å². The summed E-state index contributed by atoms with van der Waals surface area (Å²) in [5, 5.41) is 5.32. The number of hydrogen-bond donors (Lipinski definition) is 0. The molecule has 6 nitrogen and oxygen atoms in total.